The molecule has 194 valence electrons. The zero-order valence-electron chi connectivity index (χ0n) is 19.6. The predicted molar refractivity (Wildman–Crippen MR) is 120 cm³/mol. The van der Waals surface area contributed by atoms with Crippen LogP contribution in [-0.4, -0.2) is 54.4 Å². The van der Waals surface area contributed by atoms with Crippen molar-refractivity contribution >= 4 is 5.91 Å². The molecule has 1 fully saturated rings. The molecule has 0 aliphatic carbocycles. The second-order valence-corrected chi connectivity index (χ2v) is 7.74. The molecule has 3 atom stereocenters. The van der Waals surface area contributed by atoms with Gasteiger partial charge in [-0.15, -0.1) is 5.92 Å². The zero-order chi connectivity index (χ0) is 26.3. The molecule has 0 unspecified atom stereocenters. The number of hydrogen-bond donors (Lipinski definition) is 0. The molecule has 36 heavy (non-hydrogen) atoms. The van der Waals surface area contributed by atoms with Gasteiger partial charge in [0.2, 0.25) is 0 Å². The van der Waals surface area contributed by atoms with E-state index in [4.69, 9.17) is 18.9 Å². The van der Waals surface area contributed by atoms with Gasteiger partial charge in [0.1, 0.15) is 31.3 Å². The van der Waals surface area contributed by atoms with Crippen molar-refractivity contribution in [1.82, 2.24) is 9.13 Å². The Morgan fingerprint density at radius 3 is 2.56 bits per heavy atom. The van der Waals surface area contributed by atoms with E-state index in [9.17, 15) is 27.6 Å². The summed E-state index contributed by atoms with van der Waals surface area (Å²) in [6.07, 6.45) is -6.93. The minimum absolute atomic E-state index is 0.0289. The summed E-state index contributed by atoms with van der Waals surface area (Å²) in [5.74, 6) is 4.44. The Hall–Kier alpha value is -3.24. The first-order chi connectivity index (χ1) is 17.2. The van der Waals surface area contributed by atoms with Crippen LogP contribution >= 0.6 is 0 Å². The van der Waals surface area contributed by atoms with E-state index in [1.807, 2.05) is 6.92 Å². The van der Waals surface area contributed by atoms with E-state index in [0.29, 0.717) is 17.2 Å². The number of halogens is 3. The second-order valence-electron chi connectivity index (χ2n) is 7.74. The fourth-order valence-corrected chi connectivity index (χ4v) is 3.63. The van der Waals surface area contributed by atoms with Gasteiger partial charge in [-0.1, -0.05) is 31.0 Å². The van der Waals surface area contributed by atoms with Gasteiger partial charge in [0.05, 0.1) is 12.7 Å². The predicted octanol–water partition coefficient (Wildman–Crippen LogP) is 2.42. The van der Waals surface area contributed by atoms with E-state index in [-0.39, 0.29) is 36.6 Å². The third-order valence-corrected chi connectivity index (χ3v) is 5.29. The average molecular weight is 510 g/mol. The van der Waals surface area contributed by atoms with Crippen molar-refractivity contribution in [3.63, 3.8) is 0 Å². The molecule has 3 rings (SSSR count). The Morgan fingerprint density at radius 2 is 1.92 bits per heavy atom. The molecule has 0 spiro atoms. The molecule has 1 aliphatic rings. The van der Waals surface area contributed by atoms with Crippen molar-refractivity contribution in [2.24, 2.45) is 0 Å². The van der Waals surface area contributed by atoms with Crippen LogP contribution in [0, 0.1) is 11.8 Å². The SMILES string of the molecule is CCC#CCO[C@H]1C[C@H](n2cc(C(F)(F)F)c(=O)n(C(=O)c3ccccc3)c2=O)O[C@@H]1COCOC. The van der Waals surface area contributed by atoms with Crippen LogP contribution in [0.3, 0.4) is 0 Å². The molecule has 2 aromatic rings. The summed E-state index contributed by atoms with van der Waals surface area (Å²) in [6, 6.07) is 7.06. The number of nitrogens with zero attached hydrogens (tertiary/aromatic N) is 2. The topological polar surface area (TPSA) is 98.0 Å². The number of rotatable bonds is 8. The van der Waals surface area contributed by atoms with Crippen molar-refractivity contribution < 1.29 is 36.9 Å². The number of hydrogen-bond acceptors (Lipinski definition) is 7. The molecule has 1 aromatic heterocycles. The summed E-state index contributed by atoms with van der Waals surface area (Å²) in [6.45, 7) is 1.78. The second kappa shape index (κ2) is 12.1. The Kier molecular flexibility index (Phi) is 9.22. The molecule has 0 saturated carbocycles. The van der Waals surface area contributed by atoms with Gasteiger partial charge in [0.15, 0.2) is 0 Å². The number of carbonyl (C=O) groups is 1. The molecule has 1 saturated heterocycles. The van der Waals surface area contributed by atoms with E-state index < -0.39 is 47.3 Å². The highest BCUT2D eigenvalue weighted by molar-refractivity contribution is 5.95. The molecule has 0 N–H and O–H groups in total. The standard InChI is InChI=1S/C24H25F3N2O7/c1-3-4-8-11-35-18-12-20(36-19(18)14-34-15-33-2)28-13-17(24(25,26)27)22(31)29(23(28)32)21(30)16-9-6-5-7-10-16/h5-7,9-10,13,18-20H,3,11-12,14-15H2,1-2H3/t18-,19+,20+/m0/s1. The largest absolute Gasteiger partial charge is 0.423 e. The fourth-order valence-electron chi connectivity index (χ4n) is 3.63. The van der Waals surface area contributed by atoms with Crippen LogP contribution < -0.4 is 11.2 Å². The monoisotopic (exact) mass is 510 g/mol. The molecule has 0 bridgehead atoms. The Balaban J connectivity index is 2.03. The first-order valence-corrected chi connectivity index (χ1v) is 11.0. The first-order valence-electron chi connectivity index (χ1n) is 11.0. The van der Waals surface area contributed by atoms with Gasteiger partial charge in [0, 0.05) is 31.7 Å². The van der Waals surface area contributed by atoms with Gasteiger partial charge in [-0.2, -0.15) is 17.7 Å². The van der Waals surface area contributed by atoms with Crippen LogP contribution in [0.4, 0.5) is 13.2 Å². The molecular weight excluding hydrogens is 485 g/mol. The maximum absolute atomic E-state index is 13.7. The Bertz CT molecular complexity index is 1230. The van der Waals surface area contributed by atoms with Gasteiger partial charge in [0.25, 0.3) is 11.5 Å². The van der Waals surface area contributed by atoms with Crippen molar-refractivity contribution in [2.75, 3.05) is 27.1 Å². The number of alkyl halides is 3. The summed E-state index contributed by atoms with van der Waals surface area (Å²) in [7, 11) is 1.41. The summed E-state index contributed by atoms with van der Waals surface area (Å²) in [4.78, 5) is 38.7. The highest BCUT2D eigenvalue weighted by Crippen LogP contribution is 2.32. The van der Waals surface area contributed by atoms with E-state index in [0.717, 1.165) is 0 Å². The summed E-state index contributed by atoms with van der Waals surface area (Å²) < 4.78 is 63.4. The minimum Gasteiger partial charge on any atom is -0.363 e. The number of aromatic nitrogens is 2. The Labute approximate surface area is 204 Å². The minimum atomic E-state index is -5.13. The molecule has 1 aliphatic heterocycles. The maximum atomic E-state index is 13.7. The number of carbonyl (C=O) groups excluding carboxylic acids is 1. The van der Waals surface area contributed by atoms with E-state index in [1.54, 1.807) is 6.07 Å². The lowest BCUT2D eigenvalue weighted by atomic mass is 10.2. The molecule has 0 radical (unpaired) electrons. The third kappa shape index (κ3) is 6.30. The normalized spacial score (nSPS) is 19.6. The van der Waals surface area contributed by atoms with Crippen molar-refractivity contribution in [2.45, 2.75) is 44.4 Å². The average Bonchev–Trinajstić information content (AvgIpc) is 3.24. The highest BCUT2D eigenvalue weighted by atomic mass is 19.4. The number of methoxy groups -OCH3 is 1. The molecule has 12 heteroatoms. The maximum Gasteiger partial charge on any atom is 0.423 e. The van der Waals surface area contributed by atoms with E-state index in [2.05, 4.69) is 11.8 Å². The van der Waals surface area contributed by atoms with E-state index in [1.165, 1.54) is 31.4 Å². The lowest BCUT2D eigenvalue weighted by Crippen LogP contribution is -2.47. The molecule has 1 aromatic carbocycles. The summed E-state index contributed by atoms with van der Waals surface area (Å²) in [5.41, 5.74) is -4.84. The van der Waals surface area contributed by atoms with Crippen LogP contribution in [0.5, 0.6) is 0 Å². The smallest absolute Gasteiger partial charge is 0.363 e. The van der Waals surface area contributed by atoms with Gasteiger partial charge >= 0.3 is 11.9 Å². The lowest BCUT2D eigenvalue weighted by Gasteiger charge is -2.19. The fraction of sp³-hybridized carbons (Fsp3) is 0.458. The van der Waals surface area contributed by atoms with Crippen LogP contribution in [0.1, 0.15) is 41.9 Å². The van der Waals surface area contributed by atoms with Gasteiger partial charge < -0.3 is 18.9 Å². The lowest BCUT2D eigenvalue weighted by molar-refractivity contribution is -0.140. The number of ether oxygens (including phenoxy) is 4. The summed E-state index contributed by atoms with van der Waals surface area (Å²) >= 11 is 0. The van der Waals surface area contributed by atoms with Crippen molar-refractivity contribution in [3.8, 4) is 11.8 Å². The molecule has 0 amide bonds. The van der Waals surface area contributed by atoms with Crippen LogP contribution in [0.25, 0.3) is 0 Å². The van der Waals surface area contributed by atoms with E-state index >= 15 is 0 Å². The highest BCUT2D eigenvalue weighted by Gasteiger charge is 2.41. The number of benzene rings is 1. The zero-order valence-corrected chi connectivity index (χ0v) is 19.6. The molecular formula is C24H25F3N2O7. The summed E-state index contributed by atoms with van der Waals surface area (Å²) in [5, 5.41) is 0. The van der Waals surface area contributed by atoms with Crippen molar-refractivity contribution in [1.29, 1.82) is 0 Å². The van der Waals surface area contributed by atoms with Crippen LogP contribution in [0.15, 0.2) is 46.1 Å². The quantitative estimate of drug-likeness (QED) is 0.306. The van der Waals surface area contributed by atoms with Gasteiger partial charge in [-0.25, -0.2) is 4.79 Å². The van der Waals surface area contributed by atoms with Crippen LogP contribution in [0.2, 0.25) is 0 Å². The van der Waals surface area contributed by atoms with Gasteiger partial charge in [-0.05, 0) is 12.1 Å². The molecule has 9 nitrogen and oxygen atoms in total. The first kappa shape index (κ1) is 27.3. The van der Waals surface area contributed by atoms with Gasteiger partial charge in [-0.3, -0.25) is 14.2 Å². The van der Waals surface area contributed by atoms with Crippen LogP contribution in [-0.2, 0) is 25.1 Å². The molecule has 2 heterocycles. The third-order valence-electron chi connectivity index (χ3n) is 5.29. The Morgan fingerprint density at radius 1 is 1.19 bits per heavy atom. The van der Waals surface area contributed by atoms with Crippen molar-refractivity contribution in [3.05, 3.63) is 68.5 Å².